The molecule has 0 N–H and O–H groups in total. The number of hydrogen-bond donors (Lipinski definition) is 0. The molecule has 0 unspecified atom stereocenters. The van der Waals surface area contributed by atoms with Gasteiger partial charge in [0.15, 0.2) is 0 Å². The monoisotopic (exact) mass is 230 g/mol. The third-order valence-electron chi connectivity index (χ3n) is 3.07. The molecule has 0 radical (unpaired) electrons. The Morgan fingerprint density at radius 1 is 0.812 bits per heavy atom. The molecule has 0 heterocycles. The van der Waals surface area contributed by atoms with Crippen LogP contribution in [0.3, 0.4) is 0 Å². The van der Waals surface area contributed by atoms with E-state index in [2.05, 4.69) is 9.78 Å². The maximum absolute atomic E-state index is 11.5. The van der Waals surface area contributed by atoms with E-state index in [1.807, 2.05) is 13.8 Å². The quantitative estimate of drug-likeness (QED) is 0.550. The molecule has 0 saturated carbocycles. The normalized spacial score (nSPS) is 12.1. The van der Waals surface area contributed by atoms with Gasteiger partial charge in [0, 0.05) is 0 Å². The summed E-state index contributed by atoms with van der Waals surface area (Å²) in [5, 5.41) is 0. The highest BCUT2D eigenvalue weighted by atomic mass is 17.2. The first-order chi connectivity index (χ1) is 7.17. The molecule has 0 aliphatic carbocycles. The van der Waals surface area contributed by atoms with Crippen LogP contribution in [0.4, 0.5) is 0 Å². The van der Waals surface area contributed by atoms with Crippen LogP contribution in [0.5, 0.6) is 0 Å². The van der Waals surface area contributed by atoms with Gasteiger partial charge in [-0.3, -0.25) is 0 Å². The summed E-state index contributed by atoms with van der Waals surface area (Å²) in [5.74, 6) is -1.04. The van der Waals surface area contributed by atoms with Crippen molar-refractivity contribution in [3.63, 3.8) is 0 Å². The molecule has 0 spiro atoms. The van der Waals surface area contributed by atoms with Crippen molar-refractivity contribution in [2.45, 2.75) is 54.4 Å². The Morgan fingerprint density at radius 2 is 1.06 bits per heavy atom. The highest BCUT2D eigenvalue weighted by Crippen LogP contribution is 2.24. The zero-order valence-electron chi connectivity index (χ0n) is 11.0. The minimum Gasteiger partial charge on any atom is -0.247 e. The zero-order chi connectivity index (χ0) is 13.0. The van der Waals surface area contributed by atoms with E-state index in [-0.39, 0.29) is 0 Å². The average molecular weight is 230 g/mol. The summed E-state index contributed by atoms with van der Waals surface area (Å²) in [7, 11) is 0. The van der Waals surface area contributed by atoms with E-state index in [9.17, 15) is 9.59 Å². The number of hydrogen-bond acceptors (Lipinski definition) is 4. The lowest BCUT2D eigenvalue weighted by molar-refractivity contribution is -0.272. The van der Waals surface area contributed by atoms with Crippen LogP contribution in [0, 0.1) is 10.8 Å². The van der Waals surface area contributed by atoms with Crippen LogP contribution in [0.15, 0.2) is 0 Å². The molecule has 0 aromatic carbocycles. The van der Waals surface area contributed by atoms with E-state index in [4.69, 9.17) is 0 Å². The van der Waals surface area contributed by atoms with Gasteiger partial charge >= 0.3 is 11.9 Å². The van der Waals surface area contributed by atoms with E-state index in [1.54, 1.807) is 27.7 Å². The topological polar surface area (TPSA) is 52.6 Å². The van der Waals surface area contributed by atoms with Gasteiger partial charge in [0.2, 0.25) is 0 Å². The van der Waals surface area contributed by atoms with Gasteiger partial charge in [-0.15, -0.1) is 0 Å². The lowest BCUT2D eigenvalue weighted by Gasteiger charge is -2.21. The largest absolute Gasteiger partial charge is 0.361 e. The Labute approximate surface area is 97.2 Å². The maximum atomic E-state index is 11.5. The van der Waals surface area contributed by atoms with Crippen molar-refractivity contribution < 1.29 is 19.4 Å². The van der Waals surface area contributed by atoms with Gasteiger partial charge < -0.3 is 0 Å². The summed E-state index contributed by atoms with van der Waals surface area (Å²) >= 11 is 0. The molecule has 0 aromatic rings. The van der Waals surface area contributed by atoms with Crippen LogP contribution in [0.2, 0.25) is 0 Å². The molecule has 0 saturated heterocycles. The van der Waals surface area contributed by atoms with Gasteiger partial charge in [-0.25, -0.2) is 19.4 Å². The van der Waals surface area contributed by atoms with Crippen LogP contribution in [0.25, 0.3) is 0 Å². The second kappa shape index (κ2) is 5.32. The molecule has 0 fully saturated rings. The summed E-state index contributed by atoms with van der Waals surface area (Å²) in [4.78, 5) is 32.2. The molecule has 0 aromatic heterocycles. The first kappa shape index (κ1) is 14.9. The minimum absolute atomic E-state index is 0.518. The van der Waals surface area contributed by atoms with Gasteiger partial charge in [-0.05, 0) is 40.5 Å². The van der Waals surface area contributed by atoms with E-state index in [0.29, 0.717) is 12.8 Å². The first-order valence-electron chi connectivity index (χ1n) is 5.60. The van der Waals surface area contributed by atoms with Gasteiger partial charge in [-0.1, -0.05) is 13.8 Å². The van der Waals surface area contributed by atoms with Crippen molar-refractivity contribution in [2.24, 2.45) is 10.8 Å². The predicted molar refractivity (Wildman–Crippen MR) is 60.3 cm³/mol. The fourth-order valence-corrected chi connectivity index (χ4v) is 0.590. The van der Waals surface area contributed by atoms with Crippen molar-refractivity contribution in [3.8, 4) is 0 Å². The molecule has 0 aliphatic rings. The second-order valence-electron chi connectivity index (χ2n) is 5.22. The third-order valence-corrected chi connectivity index (χ3v) is 3.07. The number of rotatable bonds is 4. The smallest absolute Gasteiger partial charge is 0.247 e. The molecule has 0 amide bonds. The van der Waals surface area contributed by atoms with E-state index in [1.165, 1.54) is 0 Å². The molecular weight excluding hydrogens is 208 g/mol. The summed E-state index contributed by atoms with van der Waals surface area (Å²) in [6.07, 6.45) is 1.25. The molecule has 0 aliphatic heterocycles. The van der Waals surface area contributed by atoms with E-state index < -0.39 is 22.8 Å². The van der Waals surface area contributed by atoms with Crippen molar-refractivity contribution in [1.29, 1.82) is 0 Å². The Kier molecular flexibility index (Phi) is 4.97. The fraction of sp³-hybridized carbons (Fsp3) is 0.833. The van der Waals surface area contributed by atoms with E-state index >= 15 is 0 Å². The van der Waals surface area contributed by atoms with Crippen LogP contribution in [-0.2, 0) is 19.4 Å². The Hall–Kier alpha value is -1.06. The molecule has 0 atom stereocenters. The summed E-state index contributed by atoms with van der Waals surface area (Å²) in [6, 6.07) is 0. The Balaban J connectivity index is 4.28. The zero-order valence-corrected chi connectivity index (χ0v) is 11.0. The molecule has 94 valence electrons. The summed E-state index contributed by atoms with van der Waals surface area (Å²) in [6.45, 7) is 10.7. The van der Waals surface area contributed by atoms with Gasteiger partial charge in [0.25, 0.3) is 0 Å². The van der Waals surface area contributed by atoms with Crippen molar-refractivity contribution in [3.05, 3.63) is 0 Å². The molecule has 16 heavy (non-hydrogen) atoms. The molecular formula is C12H22O4. The van der Waals surface area contributed by atoms with Gasteiger partial charge in [0.05, 0.1) is 10.8 Å². The Bertz CT molecular complexity index is 238. The lowest BCUT2D eigenvalue weighted by Crippen LogP contribution is -2.31. The predicted octanol–water partition coefficient (Wildman–Crippen LogP) is 2.86. The van der Waals surface area contributed by atoms with Crippen LogP contribution >= 0.6 is 0 Å². The van der Waals surface area contributed by atoms with Crippen LogP contribution in [-0.4, -0.2) is 11.9 Å². The highest BCUT2D eigenvalue weighted by molar-refractivity contribution is 5.79. The average Bonchev–Trinajstić information content (AvgIpc) is 2.24. The molecule has 0 bridgehead atoms. The minimum atomic E-state index is -0.628. The SMILES string of the molecule is CCC(C)(C)C(=O)OOC(=O)C(C)(C)CC. The fourth-order valence-electron chi connectivity index (χ4n) is 0.590. The van der Waals surface area contributed by atoms with Crippen LogP contribution < -0.4 is 0 Å². The van der Waals surface area contributed by atoms with E-state index in [0.717, 1.165) is 0 Å². The van der Waals surface area contributed by atoms with Crippen molar-refractivity contribution in [2.75, 3.05) is 0 Å². The number of carbonyl (C=O) groups is 2. The van der Waals surface area contributed by atoms with Crippen molar-refractivity contribution >= 4 is 11.9 Å². The van der Waals surface area contributed by atoms with Gasteiger partial charge in [0.1, 0.15) is 0 Å². The maximum Gasteiger partial charge on any atom is 0.361 e. The molecule has 0 rings (SSSR count). The number of carbonyl (C=O) groups excluding carboxylic acids is 2. The second-order valence-corrected chi connectivity index (χ2v) is 5.22. The van der Waals surface area contributed by atoms with Crippen LogP contribution in [0.1, 0.15) is 54.4 Å². The standard InChI is InChI=1S/C12H22O4/c1-7-11(3,4)9(13)15-16-10(14)12(5,6)8-2/h7-8H2,1-6H3. The molecule has 4 nitrogen and oxygen atoms in total. The molecule has 4 heteroatoms. The first-order valence-corrected chi connectivity index (χ1v) is 5.60. The lowest BCUT2D eigenvalue weighted by atomic mass is 9.90. The van der Waals surface area contributed by atoms with Crippen molar-refractivity contribution in [1.82, 2.24) is 0 Å². The highest BCUT2D eigenvalue weighted by Gasteiger charge is 2.33. The summed E-state index contributed by atoms with van der Waals surface area (Å²) < 4.78 is 0. The Morgan fingerprint density at radius 3 is 1.25 bits per heavy atom. The summed E-state index contributed by atoms with van der Waals surface area (Å²) in [5.41, 5.74) is -1.26. The van der Waals surface area contributed by atoms with Gasteiger partial charge in [-0.2, -0.15) is 0 Å². The third kappa shape index (κ3) is 3.83.